The molecule has 2 aliphatic rings. The predicted molar refractivity (Wildman–Crippen MR) is 129 cm³/mol. The Hall–Kier alpha value is -3.17. The number of nitrogens with one attached hydrogen (secondary N) is 1. The summed E-state index contributed by atoms with van der Waals surface area (Å²) in [4.78, 5) is 15.5. The highest BCUT2D eigenvalue weighted by Gasteiger charge is 2.24. The third-order valence-corrected chi connectivity index (χ3v) is 6.51. The van der Waals surface area contributed by atoms with E-state index in [1.54, 1.807) is 6.20 Å². The Morgan fingerprint density at radius 2 is 1.85 bits per heavy atom. The minimum Gasteiger partial charge on any atom is -0.437 e. The Morgan fingerprint density at radius 1 is 1.06 bits per heavy atom. The SMILES string of the molecule is CN1CCN(c2cccc(Oc3cnc4c(n3)N(Cc3c(F)ccc(F)c3Cl)CCN4)c2)CC1. The fourth-order valence-corrected chi connectivity index (χ4v) is 4.37. The molecule has 1 saturated heterocycles. The lowest BCUT2D eigenvalue weighted by Crippen LogP contribution is -2.44. The van der Waals surface area contributed by atoms with Crippen LogP contribution in [0.3, 0.4) is 0 Å². The number of benzene rings is 2. The number of piperazine rings is 1. The molecule has 3 aromatic rings. The molecule has 1 N–H and O–H groups in total. The van der Waals surface area contributed by atoms with Crippen LogP contribution in [0.25, 0.3) is 0 Å². The van der Waals surface area contributed by atoms with Crippen molar-refractivity contribution in [2.45, 2.75) is 6.54 Å². The molecule has 0 bridgehead atoms. The highest BCUT2D eigenvalue weighted by atomic mass is 35.5. The lowest BCUT2D eigenvalue weighted by Gasteiger charge is -2.34. The third-order valence-electron chi connectivity index (χ3n) is 6.10. The van der Waals surface area contributed by atoms with E-state index in [0.29, 0.717) is 36.4 Å². The van der Waals surface area contributed by atoms with Crippen LogP contribution >= 0.6 is 11.6 Å². The van der Waals surface area contributed by atoms with Gasteiger partial charge in [0, 0.05) is 63.1 Å². The molecule has 2 aromatic carbocycles. The van der Waals surface area contributed by atoms with Gasteiger partial charge in [-0.25, -0.2) is 13.8 Å². The van der Waals surface area contributed by atoms with E-state index in [-0.39, 0.29) is 17.1 Å². The predicted octanol–water partition coefficient (Wildman–Crippen LogP) is 4.38. The smallest absolute Gasteiger partial charge is 0.239 e. The van der Waals surface area contributed by atoms with Crippen molar-refractivity contribution in [3.05, 3.63) is 64.8 Å². The summed E-state index contributed by atoms with van der Waals surface area (Å²) in [6.45, 7) is 5.12. The molecule has 2 aliphatic heterocycles. The number of fused-ring (bicyclic) bond motifs is 1. The average molecular weight is 487 g/mol. The zero-order valence-corrected chi connectivity index (χ0v) is 19.5. The molecule has 1 fully saturated rings. The Bertz CT molecular complexity index is 1190. The first-order chi connectivity index (χ1) is 16.5. The third kappa shape index (κ3) is 4.71. The molecule has 0 spiro atoms. The number of ether oxygens (including phenoxy) is 1. The molecular formula is C24H25ClF2N6O. The maximum Gasteiger partial charge on any atom is 0.239 e. The van der Waals surface area contributed by atoms with E-state index < -0.39 is 11.6 Å². The molecule has 10 heteroatoms. The number of anilines is 3. The van der Waals surface area contributed by atoms with Crippen LogP contribution in [0, 0.1) is 11.6 Å². The van der Waals surface area contributed by atoms with E-state index in [0.717, 1.165) is 44.0 Å². The van der Waals surface area contributed by atoms with Crippen LogP contribution in [0.4, 0.5) is 26.1 Å². The minimum absolute atomic E-state index is 0.0636. The molecular weight excluding hydrogens is 462 g/mol. The van der Waals surface area contributed by atoms with E-state index in [1.165, 1.54) is 0 Å². The Balaban J connectivity index is 1.37. The summed E-state index contributed by atoms with van der Waals surface area (Å²) < 4.78 is 34.3. The standard InChI is InChI=1S/C24H25ClF2N6O/c1-31-9-11-32(12-10-31)16-3-2-4-17(13-16)34-21-14-29-23-24(30-21)33(8-7-28-23)15-18-19(26)5-6-20(27)22(18)25/h2-6,13-14H,7-12,15H2,1H3,(H,28,29). The molecule has 0 unspecified atom stereocenters. The molecule has 3 heterocycles. The van der Waals surface area contributed by atoms with Gasteiger partial charge in [0.25, 0.3) is 0 Å². The maximum absolute atomic E-state index is 14.4. The van der Waals surface area contributed by atoms with Crippen molar-refractivity contribution in [3.63, 3.8) is 0 Å². The normalized spacial score (nSPS) is 16.2. The number of hydrogen-bond acceptors (Lipinski definition) is 7. The van der Waals surface area contributed by atoms with E-state index in [9.17, 15) is 8.78 Å². The number of nitrogens with zero attached hydrogens (tertiary/aromatic N) is 5. The summed E-state index contributed by atoms with van der Waals surface area (Å²) in [6.07, 6.45) is 1.55. The Labute approximate surface area is 201 Å². The fourth-order valence-electron chi connectivity index (χ4n) is 4.16. The minimum atomic E-state index is -0.656. The first-order valence-electron chi connectivity index (χ1n) is 11.2. The van der Waals surface area contributed by atoms with Crippen LogP contribution in [0.1, 0.15) is 5.56 Å². The van der Waals surface area contributed by atoms with Crippen molar-refractivity contribution in [2.75, 3.05) is 61.4 Å². The van der Waals surface area contributed by atoms with E-state index in [4.69, 9.17) is 16.3 Å². The summed E-state index contributed by atoms with van der Waals surface area (Å²) >= 11 is 6.05. The molecule has 5 rings (SSSR count). The van der Waals surface area contributed by atoms with Crippen molar-refractivity contribution in [2.24, 2.45) is 0 Å². The summed E-state index contributed by atoms with van der Waals surface area (Å²) in [5.74, 6) is 0.801. The van der Waals surface area contributed by atoms with Gasteiger partial charge in [0.05, 0.1) is 11.2 Å². The second kappa shape index (κ2) is 9.60. The summed E-state index contributed by atoms with van der Waals surface area (Å²) in [5.41, 5.74) is 1.18. The van der Waals surface area contributed by atoms with E-state index in [2.05, 4.69) is 38.2 Å². The molecule has 1 aromatic heterocycles. The lowest BCUT2D eigenvalue weighted by atomic mass is 10.1. The van der Waals surface area contributed by atoms with E-state index >= 15 is 0 Å². The van der Waals surface area contributed by atoms with Gasteiger partial charge in [-0.3, -0.25) is 0 Å². The van der Waals surface area contributed by atoms with Crippen LogP contribution in [-0.4, -0.2) is 61.2 Å². The second-order valence-electron chi connectivity index (χ2n) is 8.44. The van der Waals surface area contributed by atoms with Crippen molar-refractivity contribution in [3.8, 4) is 11.6 Å². The maximum atomic E-state index is 14.4. The fraction of sp³-hybridized carbons (Fsp3) is 0.333. The first-order valence-corrected chi connectivity index (χ1v) is 11.6. The number of aromatic nitrogens is 2. The van der Waals surface area contributed by atoms with Crippen LogP contribution in [-0.2, 0) is 6.54 Å². The molecule has 178 valence electrons. The Kier molecular flexibility index (Phi) is 6.38. The van der Waals surface area contributed by atoms with Gasteiger partial charge in [-0.05, 0) is 31.3 Å². The molecule has 0 radical (unpaired) electrons. The van der Waals surface area contributed by atoms with Gasteiger partial charge in [-0.2, -0.15) is 4.98 Å². The average Bonchev–Trinajstić information content (AvgIpc) is 2.85. The van der Waals surface area contributed by atoms with Gasteiger partial charge in [-0.15, -0.1) is 0 Å². The zero-order valence-electron chi connectivity index (χ0n) is 18.8. The highest BCUT2D eigenvalue weighted by molar-refractivity contribution is 6.31. The number of likely N-dealkylation sites (N-methyl/N-ethyl adjacent to an activating group) is 1. The Morgan fingerprint density at radius 3 is 2.68 bits per heavy atom. The van der Waals surface area contributed by atoms with Gasteiger partial charge in [0.1, 0.15) is 17.4 Å². The molecule has 0 aliphatic carbocycles. The van der Waals surface area contributed by atoms with Gasteiger partial charge in [-0.1, -0.05) is 17.7 Å². The number of hydrogen-bond donors (Lipinski definition) is 1. The quantitative estimate of drug-likeness (QED) is 0.537. The number of halogens is 3. The van der Waals surface area contributed by atoms with Crippen LogP contribution in [0.2, 0.25) is 5.02 Å². The summed E-state index contributed by atoms with van der Waals surface area (Å²) in [5, 5.41) is 2.96. The molecule has 34 heavy (non-hydrogen) atoms. The molecule has 7 nitrogen and oxygen atoms in total. The highest BCUT2D eigenvalue weighted by Crippen LogP contribution is 2.33. The first kappa shape index (κ1) is 22.6. The van der Waals surface area contributed by atoms with Crippen molar-refractivity contribution in [1.29, 1.82) is 0 Å². The van der Waals surface area contributed by atoms with Gasteiger partial charge < -0.3 is 24.8 Å². The van der Waals surface area contributed by atoms with E-state index in [1.807, 2.05) is 23.1 Å². The topological polar surface area (TPSA) is 56.8 Å². The van der Waals surface area contributed by atoms with Crippen LogP contribution in [0.15, 0.2) is 42.6 Å². The largest absolute Gasteiger partial charge is 0.437 e. The zero-order chi connectivity index (χ0) is 23.7. The molecule has 0 amide bonds. The monoisotopic (exact) mass is 486 g/mol. The second-order valence-corrected chi connectivity index (χ2v) is 8.82. The summed E-state index contributed by atoms with van der Waals surface area (Å²) in [6, 6.07) is 9.99. The van der Waals surface area contributed by atoms with Crippen molar-refractivity contribution >= 4 is 28.9 Å². The molecule has 0 saturated carbocycles. The van der Waals surface area contributed by atoms with Crippen molar-refractivity contribution < 1.29 is 13.5 Å². The van der Waals surface area contributed by atoms with Crippen LogP contribution < -0.4 is 19.9 Å². The van der Waals surface area contributed by atoms with Crippen LogP contribution in [0.5, 0.6) is 11.6 Å². The molecule has 0 atom stereocenters. The summed E-state index contributed by atoms with van der Waals surface area (Å²) in [7, 11) is 2.13. The number of rotatable bonds is 5. The van der Waals surface area contributed by atoms with Gasteiger partial charge in [0.2, 0.25) is 5.88 Å². The lowest BCUT2D eigenvalue weighted by molar-refractivity contribution is 0.312. The van der Waals surface area contributed by atoms with Gasteiger partial charge >= 0.3 is 0 Å². The van der Waals surface area contributed by atoms with Crippen molar-refractivity contribution in [1.82, 2.24) is 14.9 Å². The van der Waals surface area contributed by atoms with Gasteiger partial charge in [0.15, 0.2) is 11.6 Å².